The predicted molar refractivity (Wildman–Crippen MR) is 118 cm³/mol. The van der Waals surface area contributed by atoms with Gasteiger partial charge in [-0.1, -0.05) is 0 Å². The van der Waals surface area contributed by atoms with Gasteiger partial charge in [0.15, 0.2) is 0 Å². The van der Waals surface area contributed by atoms with Gasteiger partial charge in [-0.2, -0.15) is 0 Å². The van der Waals surface area contributed by atoms with Crippen molar-refractivity contribution in [3.05, 3.63) is 36.4 Å². The Morgan fingerprint density at radius 3 is 1.54 bits per heavy atom. The minimum absolute atomic E-state index is 0. The van der Waals surface area contributed by atoms with Crippen LogP contribution in [-0.2, 0) is 0 Å². The van der Waals surface area contributed by atoms with Crippen LogP contribution in [0.4, 0.5) is 0 Å². The Balaban J connectivity index is 0.00000280. The number of hydrogen-bond acceptors (Lipinski definition) is 5. The second-order valence-corrected chi connectivity index (χ2v) is 7.43. The molecule has 0 aliphatic rings. The van der Waals surface area contributed by atoms with Crippen LogP contribution < -0.4 is 9.47 Å². The van der Waals surface area contributed by atoms with Gasteiger partial charge in [-0.25, -0.2) is 0 Å². The van der Waals surface area contributed by atoms with Gasteiger partial charge in [-0.15, -0.1) is 12.4 Å². The third-order valence-corrected chi connectivity index (χ3v) is 4.45. The summed E-state index contributed by atoms with van der Waals surface area (Å²) in [6, 6.07) is 12.0. The van der Waals surface area contributed by atoms with Crippen LogP contribution in [0.1, 0.15) is 12.8 Å². The Morgan fingerprint density at radius 1 is 0.714 bits per heavy atom. The number of furan rings is 1. The van der Waals surface area contributed by atoms with E-state index in [-0.39, 0.29) is 12.4 Å². The molecule has 0 fully saturated rings. The third-order valence-electron chi connectivity index (χ3n) is 4.45. The van der Waals surface area contributed by atoms with Crippen molar-refractivity contribution < 1.29 is 13.9 Å². The van der Waals surface area contributed by atoms with Crippen molar-refractivity contribution in [3.63, 3.8) is 0 Å². The molecule has 0 aliphatic heterocycles. The minimum Gasteiger partial charge on any atom is -0.494 e. The van der Waals surface area contributed by atoms with Crippen LogP contribution >= 0.6 is 12.4 Å². The molecule has 0 saturated carbocycles. The Labute approximate surface area is 173 Å². The Bertz CT molecular complexity index is 806. The van der Waals surface area contributed by atoms with Gasteiger partial charge in [0.25, 0.3) is 0 Å². The molecule has 0 unspecified atom stereocenters. The van der Waals surface area contributed by atoms with Gasteiger partial charge in [-0.05, 0) is 77.4 Å². The van der Waals surface area contributed by atoms with Gasteiger partial charge in [0.2, 0.25) is 0 Å². The Kier molecular flexibility index (Phi) is 8.42. The van der Waals surface area contributed by atoms with E-state index in [0.717, 1.165) is 59.4 Å². The second kappa shape index (κ2) is 10.6. The topological polar surface area (TPSA) is 38.1 Å². The molecule has 5 nitrogen and oxygen atoms in total. The van der Waals surface area contributed by atoms with Crippen LogP contribution in [-0.4, -0.2) is 64.3 Å². The van der Waals surface area contributed by atoms with Crippen LogP contribution in [0.3, 0.4) is 0 Å². The SMILES string of the molecule is CN(C)CCCOc1ccc2oc3ccc(OCCCN(C)C)cc3c2c1.Cl. The summed E-state index contributed by atoms with van der Waals surface area (Å²) in [6.07, 6.45) is 2.00. The van der Waals surface area contributed by atoms with Crippen molar-refractivity contribution in [1.29, 1.82) is 0 Å². The number of rotatable bonds is 10. The zero-order valence-electron chi connectivity index (χ0n) is 17.2. The summed E-state index contributed by atoms with van der Waals surface area (Å²) < 4.78 is 17.8. The first kappa shape index (κ1) is 22.3. The highest BCUT2D eigenvalue weighted by Crippen LogP contribution is 2.33. The summed E-state index contributed by atoms with van der Waals surface area (Å²) in [5.41, 5.74) is 1.74. The van der Waals surface area contributed by atoms with Gasteiger partial charge in [0.1, 0.15) is 22.7 Å². The first-order valence-electron chi connectivity index (χ1n) is 9.54. The molecule has 0 amide bonds. The summed E-state index contributed by atoms with van der Waals surface area (Å²) in [4.78, 5) is 4.33. The molecule has 0 atom stereocenters. The van der Waals surface area contributed by atoms with E-state index >= 15 is 0 Å². The van der Waals surface area contributed by atoms with Crippen LogP contribution in [0.15, 0.2) is 40.8 Å². The van der Waals surface area contributed by atoms with E-state index in [0.29, 0.717) is 13.2 Å². The number of hydrogen-bond donors (Lipinski definition) is 0. The molecule has 2 aromatic carbocycles. The van der Waals surface area contributed by atoms with E-state index in [2.05, 4.69) is 50.1 Å². The quantitative estimate of drug-likeness (QED) is 0.457. The molecule has 0 bridgehead atoms. The van der Waals surface area contributed by atoms with Crippen molar-refractivity contribution in [2.45, 2.75) is 12.8 Å². The molecule has 154 valence electrons. The van der Waals surface area contributed by atoms with E-state index in [1.807, 2.05) is 24.3 Å². The highest BCUT2D eigenvalue weighted by molar-refractivity contribution is 6.05. The number of nitrogens with zero attached hydrogens (tertiary/aromatic N) is 2. The second-order valence-electron chi connectivity index (χ2n) is 7.43. The third kappa shape index (κ3) is 6.03. The van der Waals surface area contributed by atoms with E-state index in [9.17, 15) is 0 Å². The molecule has 1 heterocycles. The molecule has 1 aromatic heterocycles. The molecular weight excluding hydrogens is 376 g/mol. The molecular formula is C22H31ClN2O3. The smallest absolute Gasteiger partial charge is 0.135 e. The predicted octanol–water partition coefficient (Wildman–Crippen LogP) is 4.67. The summed E-state index contributed by atoms with van der Waals surface area (Å²) in [5.74, 6) is 1.75. The maximum atomic E-state index is 5.95. The van der Waals surface area contributed by atoms with Crippen molar-refractivity contribution in [1.82, 2.24) is 9.80 Å². The number of benzene rings is 2. The summed E-state index contributed by atoms with van der Waals surface area (Å²) >= 11 is 0. The maximum absolute atomic E-state index is 5.95. The normalized spacial score (nSPS) is 11.4. The molecule has 6 heteroatoms. The molecule has 3 rings (SSSR count). The highest BCUT2D eigenvalue weighted by atomic mass is 35.5. The lowest BCUT2D eigenvalue weighted by Gasteiger charge is -2.10. The lowest BCUT2D eigenvalue weighted by atomic mass is 10.1. The lowest BCUT2D eigenvalue weighted by Crippen LogP contribution is -2.15. The summed E-state index contributed by atoms with van der Waals surface area (Å²) in [5, 5.41) is 2.13. The zero-order valence-corrected chi connectivity index (χ0v) is 18.1. The van der Waals surface area contributed by atoms with Crippen molar-refractivity contribution in [2.75, 3.05) is 54.5 Å². The fourth-order valence-electron chi connectivity index (χ4n) is 3.06. The van der Waals surface area contributed by atoms with Crippen molar-refractivity contribution in [2.24, 2.45) is 0 Å². The van der Waals surface area contributed by atoms with Crippen LogP contribution in [0.2, 0.25) is 0 Å². The van der Waals surface area contributed by atoms with E-state index in [4.69, 9.17) is 13.9 Å². The van der Waals surface area contributed by atoms with Gasteiger partial charge in [-0.3, -0.25) is 0 Å². The molecule has 0 saturated heterocycles. The van der Waals surface area contributed by atoms with Crippen molar-refractivity contribution >= 4 is 34.3 Å². The highest BCUT2D eigenvalue weighted by Gasteiger charge is 2.10. The summed E-state index contributed by atoms with van der Waals surface area (Å²) in [6.45, 7) is 3.45. The number of halogens is 1. The van der Waals surface area contributed by atoms with E-state index < -0.39 is 0 Å². The van der Waals surface area contributed by atoms with E-state index in [1.54, 1.807) is 0 Å². The standard InChI is InChI=1S/C22H30N2O3.ClH/c1-23(2)11-5-13-25-17-7-9-21-19(15-17)20-16-18(8-10-22(20)27-21)26-14-6-12-24(3)4;/h7-10,15-16H,5-6,11-14H2,1-4H3;1H. The fourth-order valence-corrected chi connectivity index (χ4v) is 3.06. The van der Waals surface area contributed by atoms with Crippen LogP contribution in [0.5, 0.6) is 11.5 Å². The average molecular weight is 407 g/mol. The van der Waals surface area contributed by atoms with Gasteiger partial charge < -0.3 is 23.7 Å². The molecule has 0 aliphatic carbocycles. The molecule has 0 radical (unpaired) electrons. The molecule has 3 aromatic rings. The molecule has 28 heavy (non-hydrogen) atoms. The first-order chi connectivity index (χ1) is 13.0. The molecule has 0 spiro atoms. The monoisotopic (exact) mass is 406 g/mol. The number of fused-ring (bicyclic) bond motifs is 3. The van der Waals surface area contributed by atoms with Gasteiger partial charge >= 0.3 is 0 Å². The minimum atomic E-state index is 0. The van der Waals surface area contributed by atoms with E-state index in [1.165, 1.54) is 0 Å². The maximum Gasteiger partial charge on any atom is 0.135 e. The lowest BCUT2D eigenvalue weighted by molar-refractivity contribution is 0.281. The Morgan fingerprint density at radius 2 is 1.14 bits per heavy atom. The summed E-state index contributed by atoms with van der Waals surface area (Å²) in [7, 11) is 8.29. The fraction of sp³-hybridized carbons (Fsp3) is 0.455. The van der Waals surface area contributed by atoms with Crippen LogP contribution in [0, 0.1) is 0 Å². The average Bonchev–Trinajstić information content (AvgIpc) is 2.99. The first-order valence-corrected chi connectivity index (χ1v) is 9.54. The Hall–Kier alpha value is -1.95. The van der Waals surface area contributed by atoms with Crippen molar-refractivity contribution in [3.8, 4) is 11.5 Å². The largest absolute Gasteiger partial charge is 0.494 e. The zero-order chi connectivity index (χ0) is 19.2. The van der Waals surface area contributed by atoms with Gasteiger partial charge in [0.05, 0.1) is 13.2 Å². The number of ether oxygens (including phenoxy) is 2. The van der Waals surface area contributed by atoms with Gasteiger partial charge in [0, 0.05) is 23.9 Å². The molecule has 0 N–H and O–H groups in total. The van der Waals surface area contributed by atoms with Crippen LogP contribution in [0.25, 0.3) is 21.9 Å².